The lowest BCUT2D eigenvalue weighted by molar-refractivity contribution is -0.274. The number of halogens is 3. The topological polar surface area (TPSA) is 34.6 Å². The third-order valence-corrected chi connectivity index (χ3v) is 3.94. The molecule has 1 aromatic heterocycles. The fourth-order valence-corrected chi connectivity index (χ4v) is 2.74. The fourth-order valence-electron chi connectivity index (χ4n) is 2.74. The number of aromatic nitrogens is 1. The van der Waals surface area contributed by atoms with Crippen molar-refractivity contribution in [2.75, 3.05) is 19.1 Å². The summed E-state index contributed by atoms with van der Waals surface area (Å²) >= 11 is 0. The van der Waals surface area contributed by atoms with Gasteiger partial charge in [-0.15, -0.1) is 13.2 Å². The number of methoxy groups -OCH3 is 1. The Bertz CT molecular complexity index is 915. The van der Waals surface area contributed by atoms with Gasteiger partial charge in [0, 0.05) is 24.9 Å². The van der Waals surface area contributed by atoms with Crippen LogP contribution in [-0.2, 0) is 0 Å². The summed E-state index contributed by atoms with van der Waals surface area (Å²) in [6, 6.07) is 17.1. The SMILES string of the molecule is COc1ccc(OC(F)(F)F)cc1N(C)c1cccnc1-c1ccccc1. The van der Waals surface area contributed by atoms with Gasteiger partial charge in [-0.2, -0.15) is 0 Å². The van der Waals surface area contributed by atoms with Crippen LogP contribution in [0.25, 0.3) is 11.3 Å². The second-order valence-corrected chi connectivity index (χ2v) is 5.68. The van der Waals surface area contributed by atoms with E-state index in [-0.39, 0.29) is 5.75 Å². The van der Waals surface area contributed by atoms with Gasteiger partial charge in [0.1, 0.15) is 11.5 Å². The molecule has 0 N–H and O–H groups in total. The van der Waals surface area contributed by atoms with E-state index in [0.717, 1.165) is 5.56 Å². The van der Waals surface area contributed by atoms with Crippen molar-refractivity contribution in [1.82, 2.24) is 4.98 Å². The normalized spacial score (nSPS) is 11.1. The molecular weight excluding hydrogens is 357 g/mol. The van der Waals surface area contributed by atoms with E-state index in [2.05, 4.69) is 9.72 Å². The van der Waals surface area contributed by atoms with Gasteiger partial charge in [0.05, 0.1) is 24.2 Å². The minimum Gasteiger partial charge on any atom is -0.495 e. The third-order valence-electron chi connectivity index (χ3n) is 3.94. The summed E-state index contributed by atoms with van der Waals surface area (Å²) in [5, 5.41) is 0. The zero-order valence-corrected chi connectivity index (χ0v) is 14.7. The number of alkyl halides is 3. The van der Waals surface area contributed by atoms with Crippen molar-refractivity contribution in [2.24, 2.45) is 0 Å². The highest BCUT2D eigenvalue weighted by Crippen LogP contribution is 2.39. The van der Waals surface area contributed by atoms with Gasteiger partial charge in [-0.25, -0.2) is 0 Å². The molecule has 0 spiro atoms. The molecule has 2 aromatic carbocycles. The molecule has 1 heterocycles. The predicted octanol–water partition coefficient (Wildman–Crippen LogP) is 5.42. The second-order valence-electron chi connectivity index (χ2n) is 5.68. The largest absolute Gasteiger partial charge is 0.573 e. The molecule has 0 fully saturated rings. The van der Waals surface area contributed by atoms with E-state index in [1.165, 1.54) is 25.3 Å². The molecule has 4 nitrogen and oxygen atoms in total. The maximum Gasteiger partial charge on any atom is 0.573 e. The van der Waals surface area contributed by atoms with E-state index < -0.39 is 6.36 Å². The molecular formula is C20H17F3N2O2. The Morgan fingerprint density at radius 3 is 2.33 bits per heavy atom. The van der Waals surface area contributed by atoms with Gasteiger partial charge in [0.2, 0.25) is 0 Å². The molecule has 0 aliphatic carbocycles. The van der Waals surface area contributed by atoms with Crippen LogP contribution in [0, 0.1) is 0 Å². The Kier molecular flexibility index (Phi) is 5.21. The highest BCUT2D eigenvalue weighted by atomic mass is 19.4. The fraction of sp³-hybridized carbons (Fsp3) is 0.150. The summed E-state index contributed by atoms with van der Waals surface area (Å²) in [6.45, 7) is 0. The average molecular weight is 374 g/mol. The smallest absolute Gasteiger partial charge is 0.495 e. The molecule has 3 rings (SSSR count). The Morgan fingerprint density at radius 2 is 1.67 bits per heavy atom. The van der Waals surface area contributed by atoms with Gasteiger partial charge in [-0.05, 0) is 24.3 Å². The summed E-state index contributed by atoms with van der Waals surface area (Å²) in [5.41, 5.74) is 2.72. The molecule has 0 unspecified atom stereocenters. The molecule has 0 atom stereocenters. The van der Waals surface area contributed by atoms with Crippen molar-refractivity contribution in [3.05, 3.63) is 66.9 Å². The lowest BCUT2D eigenvalue weighted by Gasteiger charge is -2.24. The van der Waals surface area contributed by atoms with E-state index in [1.807, 2.05) is 36.4 Å². The lowest BCUT2D eigenvalue weighted by atomic mass is 10.1. The van der Waals surface area contributed by atoms with Gasteiger partial charge in [-0.1, -0.05) is 30.3 Å². The number of rotatable bonds is 5. The van der Waals surface area contributed by atoms with Crippen LogP contribution >= 0.6 is 0 Å². The van der Waals surface area contributed by atoms with Crippen LogP contribution in [0.3, 0.4) is 0 Å². The molecule has 0 aliphatic rings. The first kappa shape index (κ1) is 18.6. The molecule has 0 amide bonds. The van der Waals surface area contributed by atoms with Crippen molar-refractivity contribution < 1.29 is 22.6 Å². The molecule has 27 heavy (non-hydrogen) atoms. The third kappa shape index (κ3) is 4.31. The summed E-state index contributed by atoms with van der Waals surface area (Å²) in [7, 11) is 3.19. The first-order valence-corrected chi connectivity index (χ1v) is 8.07. The molecule has 0 radical (unpaired) electrons. The maximum absolute atomic E-state index is 12.6. The van der Waals surface area contributed by atoms with Crippen molar-refractivity contribution in [3.8, 4) is 22.8 Å². The highest BCUT2D eigenvalue weighted by molar-refractivity contribution is 5.81. The van der Waals surface area contributed by atoms with E-state index in [9.17, 15) is 13.2 Å². The van der Waals surface area contributed by atoms with E-state index in [1.54, 1.807) is 24.2 Å². The van der Waals surface area contributed by atoms with Crippen LogP contribution in [0.15, 0.2) is 66.9 Å². The van der Waals surface area contributed by atoms with Gasteiger partial charge >= 0.3 is 6.36 Å². The maximum atomic E-state index is 12.6. The molecule has 0 saturated carbocycles. The minimum atomic E-state index is -4.77. The predicted molar refractivity (Wildman–Crippen MR) is 97.4 cm³/mol. The summed E-state index contributed by atoms with van der Waals surface area (Å²) < 4.78 is 47.1. The van der Waals surface area contributed by atoms with Gasteiger partial charge in [-0.3, -0.25) is 4.98 Å². The van der Waals surface area contributed by atoms with Crippen molar-refractivity contribution in [2.45, 2.75) is 6.36 Å². The van der Waals surface area contributed by atoms with Crippen LogP contribution in [0.4, 0.5) is 24.5 Å². The van der Waals surface area contributed by atoms with Crippen molar-refractivity contribution in [3.63, 3.8) is 0 Å². The van der Waals surface area contributed by atoms with Crippen molar-refractivity contribution >= 4 is 11.4 Å². The summed E-state index contributed by atoms with van der Waals surface area (Å²) in [4.78, 5) is 6.16. The monoisotopic (exact) mass is 374 g/mol. The number of nitrogens with zero attached hydrogens (tertiary/aromatic N) is 2. The molecule has 3 aromatic rings. The molecule has 0 aliphatic heterocycles. The zero-order valence-electron chi connectivity index (χ0n) is 14.7. The quantitative estimate of drug-likeness (QED) is 0.597. The van der Waals surface area contributed by atoms with Crippen LogP contribution in [-0.4, -0.2) is 25.5 Å². The first-order valence-electron chi connectivity index (χ1n) is 8.07. The van der Waals surface area contributed by atoms with Crippen LogP contribution in [0.2, 0.25) is 0 Å². The zero-order chi connectivity index (χ0) is 19.4. The summed E-state index contributed by atoms with van der Waals surface area (Å²) in [6.07, 6.45) is -3.10. The molecule has 140 valence electrons. The van der Waals surface area contributed by atoms with Crippen LogP contribution in [0.5, 0.6) is 11.5 Å². The first-order chi connectivity index (χ1) is 12.9. The highest BCUT2D eigenvalue weighted by Gasteiger charge is 2.31. The Balaban J connectivity index is 2.06. The number of hydrogen-bond acceptors (Lipinski definition) is 4. The van der Waals surface area contributed by atoms with Gasteiger partial charge in [0.25, 0.3) is 0 Å². The number of ether oxygens (including phenoxy) is 2. The average Bonchev–Trinajstić information content (AvgIpc) is 2.67. The number of pyridine rings is 1. The Morgan fingerprint density at radius 1 is 0.926 bits per heavy atom. The second kappa shape index (κ2) is 7.57. The Hall–Kier alpha value is -3.22. The van der Waals surface area contributed by atoms with E-state index in [0.29, 0.717) is 22.8 Å². The van der Waals surface area contributed by atoms with Crippen LogP contribution in [0.1, 0.15) is 0 Å². The van der Waals surface area contributed by atoms with Crippen LogP contribution < -0.4 is 14.4 Å². The molecule has 0 saturated heterocycles. The number of hydrogen-bond donors (Lipinski definition) is 0. The molecule has 0 bridgehead atoms. The van der Waals surface area contributed by atoms with E-state index in [4.69, 9.17) is 4.74 Å². The van der Waals surface area contributed by atoms with Gasteiger partial charge < -0.3 is 14.4 Å². The van der Waals surface area contributed by atoms with Crippen molar-refractivity contribution in [1.29, 1.82) is 0 Å². The number of anilines is 2. The van der Waals surface area contributed by atoms with E-state index >= 15 is 0 Å². The summed E-state index contributed by atoms with van der Waals surface area (Å²) in [5.74, 6) is 0.0881. The minimum absolute atomic E-state index is 0.324. The Labute approximate surface area is 154 Å². The lowest BCUT2D eigenvalue weighted by Crippen LogP contribution is -2.18. The number of benzene rings is 2. The standard InChI is InChI=1S/C20H17F3N2O2/c1-25(16-9-6-12-24-19(16)14-7-4-3-5-8-14)17-13-15(27-20(21,22)23)10-11-18(17)26-2/h3-13H,1-2H3. The van der Waals surface area contributed by atoms with Gasteiger partial charge in [0.15, 0.2) is 0 Å². The molecule has 7 heteroatoms.